The summed E-state index contributed by atoms with van der Waals surface area (Å²) in [6.07, 6.45) is 3.38. The van der Waals surface area contributed by atoms with Crippen molar-refractivity contribution in [1.82, 2.24) is 4.98 Å². The molecule has 0 bridgehead atoms. The predicted octanol–water partition coefficient (Wildman–Crippen LogP) is 0.278. The highest BCUT2D eigenvalue weighted by Crippen LogP contribution is 2.13. The minimum atomic E-state index is -0.344. The summed E-state index contributed by atoms with van der Waals surface area (Å²) >= 11 is 0. The number of anilines is 2. The lowest BCUT2D eigenvalue weighted by Crippen LogP contribution is -2.27. The van der Waals surface area contributed by atoms with E-state index in [0.717, 1.165) is 17.9 Å². The van der Waals surface area contributed by atoms with E-state index in [1.807, 2.05) is 13.0 Å². The third-order valence-corrected chi connectivity index (χ3v) is 1.93. The van der Waals surface area contributed by atoms with Crippen LogP contribution in [0.25, 0.3) is 0 Å². The zero-order valence-electron chi connectivity index (χ0n) is 8.77. The van der Waals surface area contributed by atoms with Gasteiger partial charge in [0.25, 0.3) is 0 Å². The molecule has 0 unspecified atom stereocenters. The number of aliphatic hydroxyl groups excluding tert-OH is 2. The smallest absolute Gasteiger partial charge is 0.0723 e. The Balaban J connectivity index is 2.64. The second-order valence-electron chi connectivity index (χ2n) is 3.20. The maximum absolute atomic E-state index is 8.90. The summed E-state index contributed by atoms with van der Waals surface area (Å²) in [5.74, 6) is 0. The van der Waals surface area contributed by atoms with Crippen molar-refractivity contribution in [3.05, 3.63) is 18.5 Å². The Morgan fingerprint density at radius 1 is 1.27 bits per heavy atom. The molecule has 1 aromatic rings. The number of nitrogens with one attached hydrogen (secondary N) is 2. The van der Waals surface area contributed by atoms with Crippen molar-refractivity contribution in [2.24, 2.45) is 0 Å². The van der Waals surface area contributed by atoms with Gasteiger partial charge in [-0.3, -0.25) is 4.98 Å². The monoisotopic (exact) mass is 211 g/mol. The second kappa shape index (κ2) is 6.21. The average Bonchev–Trinajstić information content (AvgIpc) is 2.27. The van der Waals surface area contributed by atoms with Crippen LogP contribution < -0.4 is 10.6 Å². The minimum Gasteiger partial charge on any atom is -0.394 e. The molecule has 0 radical (unpaired) electrons. The van der Waals surface area contributed by atoms with Crippen LogP contribution >= 0.6 is 0 Å². The SMILES string of the molecule is CCNc1cncc(NC(CO)CO)c1. The highest BCUT2D eigenvalue weighted by molar-refractivity contribution is 5.54. The summed E-state index contributed by atoms with van der Waals surface area (Å²) in [5.41, 5.74) is 1.69. The summed E-state index contributed by atoms with van der Waals surface area (Å²) in [4.78, 5) is 4.04. The van der Waals surface area contributed by atoms with Gasteiger partial charge >= 0.3 is 0 Å². The number of rotatable bonds is 6. The molecule has 0 atom stereocenters. The molecule has 0 aliphatic heterocycles. The van der Waals surface area contributed by atoms with Crippen molar-refractivity contribution in [3.8, 4) is 0 Å². The highest BCUT2D eigenvalue weighted by atomic mass is 16.3. The van der Waals surface area contributed by atoms with Gasteiger partial charge in [-0.2, -0.15) is 0 Å². The van der Waals surface area contributed by atoms with E-state index in [0.29, 0.717) is 0 Å². The van der Waals surface area contributed by atoms with Gasteiger partial charge in [0.05, 0.1) is 43.0 Å². The molecule has 1 heterocycles. The van der Waals surface area contributed by atoms with Crippen molar-refractivity contribution in [3.63, 3.8) is 0 Å². The van der Waals surface area contributed by atoms with E-state index in [4.69, 9.17) is 10.2 Å². The van der Waals surface area contributed by atoms with E-state index in [1.54, 1.807) is 12.4 Å². The molecular formula is C10H17N3O2. The lowest BCUT2D eigenvalue weighted by atomic mass is 10.3. The Hall–Kier alpha value is -1.33. The molecule has 0 aliphatic rings. The average molecular weight is 211 g/mol. The number of pyridine rings is 1. The second-order valence-corrected chi connectivity index (χ2v) is 3.20. The van der Waals surface area contributed by atoms with Crippen LogP contribution in [-0.2, 0) is 0 Å². The molecule has 5 nitrogen and oxygen atoms in total. The van der Waals surface area contributed by atoms with E-state index in [1.165, 1.54) is 0 Å². The fourth-order valence-electron chi connectivity index (χ4n) is 1.20. The molecule has 5 heteroatoms. The fraction of sp³-hybridized carbons (Fsp3) is 0.500. The summed E-state index contributed by atoms with van der Waals surface area (Å²) in [6, 6.07) is 1.54. The van der Waals surface area contributed by atoms with Crippen LogP contribution in [0, 0.1) is 0 Å². The highest BCUT2D eigenvalue weighted by Gasteiger charge is 2.05. The Kier molecular flexibility index (Phi) is 4.86. The number of aliphatic hydroxyl groups is 2. The van der Waals surface area contributed by atoms with Crippen LogP contribution in [0.15, 0.2) is 18.5 Å². The predicted molar refractivity (Wildman–Crippen MR) is 60.0 cm³/mol. The number of aromatic nitrogens is 1. The van der Waals surface area contributed by atoms with Crippen LogP contribution in [0.2, 0.25) is 0 Å². The van der Waals surface area contributed by atoms with Gasteiger partial charge in [0.1, 0.15) is 0 Å². The molecule has 15 heavy (non-hydrogen) atoms. The maximum atomic E-state index is 8.90. The summed E-state index contributed by atoms with van der Waals surface area (Å²) in [6.45, 7) is 2.61. The van der Waals surface area contributed by atoms with Crippen LogP contribution in [0.1, 0.15) is 6.92 Å². The first-order chi connectivity index (χ1) is 7.30. The van der Waals surface area contributed by atoms with E-state index in [-0.39, 0.29) is 19.3 Å². The first kappa shape index (κ1) is 11.7. The molecule has 0 aliphatic carbocycles. The maximum Gasteiger partial charge on any atom is 0.0723 e. The van der Waals surface area contributed by atoms with Gasteiger partial charge in [0.2, 0.25) is 0 Å². The summed E-state index contributed by atoms with van der Waals surface area (Å²) < 4.78 is 0. The third kappa shape index (κ3) is 3.73. The molecule has 0 saturated carbocycles. The van der Waals surface area contributed by atoms with E-state index in [9.17, 15) is 0 Å². The lowest BCUT2D eigenvalue weighted by molar-refractivity contribution is 0.204. The Morgan fingerprint density at radius 3 is 2.53 bits per heavy atom. The molecule has 0 amide bonds. The Bertz CT molecular complexity index is 290. The molecular weight excluding hydrogens is 194 g/mol. The van der Waals surface area contributed by atoms with Crippen LogP contribution in [-0.4, -0.2) is 41.0 Å². The summed E-state index contributed by atoms with van der Waals surface area (Å²) in [5, 5.41) is 23.9. The van der Waals surface area contributed by atoms with Crippen molar-refractivity contribution in [1.29, 1.82) is 0 Å². The molecule has 1 rings (SSSR count). The Morgan fingerprint density at radius 2 is 1.93 bits per heavy atom. The van der Waals surface area contributed by atoms with Crippen molar-refractivity contribution in [2.75, 3.05) is 30.4 Å². The number of hydrogen-bond donors (Lipinski definition) is 4. The van der Waals surface area contributed by atoms with Crippen LogP contribution in [0.5, 0.6) is 0 Å². The van der Waals surface area contributed by atoms with Gasteiger partial charge in [0.15, 0.2) is 0 Å². The quantitative estimate of drug-likeness (QED) is 0.543. The van der Waals surface area contributed by atoms with Gasteiger partial charge in [-0.05, 0) is 13.0 Å². The van der Waals surface area contributed by atoms with Crippen LogP contribution in [0.3, 0.4) is 0 Å². The molecule has 0 aromatic carbocycles. The van der Waals surface area contributed by atoms with E-state index in [2.05, 4.69) is 15.6 Å². The third-order valence-electron chi connectivity index (χ3n) is 1.93. The normalized spacial score (nSPS) is 10.4. The molecule has 84 valence electrons. The zero-order valence-corrected chi connectivity index (χ0v) is 8.77. The van der Waals surface area contributed by atoms with Crippen LogP contribution in [0.4, 0.5) is 11.4 Å². The zero-order chi connectivity index (χ0) is 11.1. The van der Waals surface area contributed by atoms with Crippen molar-refractivity contribution < 1.29 is 10.2 Å². The van der Waals surface area contributed by atoms with Crippen molar-refractivity contribution in [2.45, 2.75) is 13.0 Å². The molecule has 0 spiro atoms. The van der Waals surface area contributed by atoms with Gasteiger partial charge < -0.3 is 20.8 Å². The standard InChI is InChI=1S/C10H17N3O2/c1-2-12-8-3-9(5-11-4-8)13-10(6-14)7-15/h3-5,10,12-15H,2,6-7H2,1H3. The van der Waals surface area contributed by atoms with E-state index >= 15 is 0 Å². The molecule has 1 aromatic heterocycles. The largest absolute Gasteiger partial charge is 0.394 e. The molecule has 0 fully saturated rings. The minimum absolute atomic E-state index is 0.109. The van der Waals surface area contributed by atoms with Gasteiger partial charge in [0, 0.05) is 6.54 Å². The van der Waals surface area contributed by atoms with Gasteiger partial charge in [-0.25, -0.2) is 0 Å². The summed E-state index contributed by atoms with van der Waals surface area (Å²) in [7, 11) is 0. The number of nitrogens with zero attached hydrogens (tertiary/aromatic N) is 1. The lowest BCUT2D eigenvalue weighted by Gasteiger charge is -2.15. The number of hydrogen-bond acceptors (Lipinski definition) is 5. The first-order valence-corrected chi connectivity index (χ1v) is 4.97. The first-order valence-electron chi connectivity index (χ1n) is 4.97. The van der Waals surface area contributed by atoms with Gasteiger partial charge in [-0.1, -0.05) is 0 Å². The molecule has 0 saturated heterocycles. The van der Waals surface area contributed by atoms with Crippen molar-refractivity contribution >= 4 is 11.4 Å². The molecule has 4 N–H and O–H groups in total. The topological polar surface area (TPSA) is 77.4 Å². The van der Waals surface area contributed by atoms with Gasteiger partial charge in [-0.15, -0.1) is 0 Å². The van der Waals surface area contributed by atoms with E-state index < -0.39 is 0 Å². The fourth-order valence-corrected chi connectivity index (χ4v) is 1.20. The Labute approximate surface area is 89.2 Å².